The van der Waals surface area contributed by atoms with Crippen LogP contribution in [0.5, 0.6) is 0 Å². The number of para-hydroxylation sites is 1. The zero-order valence-electron chi connectivity index (χ0n) is 12.8. The number of aliphatic hydroxyl groups excluding tert-OH is 1. The molecule has 0 aliphatic carbocycles. The molecule has 5 nitrogen and oxygen atoms in total. The van der Waals surface area contributed by atoms with Gasteiger partial charge < -0.3 is 14.8 Å². The molecule has 2 aromatic rings. The van der Waals surface area contributed by atoms with E-state index in [4.69, 9.17) is 4.42 Å². The average molecular weight is 303 g/mol. The Balaban J connectivity index is 2.13. The highest BCUT2D eigenvalue weighted by Crippen LogP contribution is 2.14. The molecule has 0 bridgehead atoms. The molecule has 1 amide bonds. The minimum Gasteiger partial charge on any atom is -0.422 e. The molecule has 118 valence electrons. The Labute approximate surface area is 129 Å². The highest BCUT2D eigenvalue weighted by atomic mass is 16.4. The summed E-state index contributed by atoms with van der Waals surface area (Å²) in [5, 5.41) is 13.3. The molecule has 0 saturated heterocycles. The van der Waals surface area contributed by atoms with E-state index in [1.165, 1.54) is 6.07 Å². The van der Waals surface area contributed by atoms with E-state index in [1.807, 2.05) is 13.8 Å². The van der Waals surface area contributed by atoms with Crippen molar-refractivity contribution < 1.29 is 14.3 Å². The highest BCUT2D eigenvalue weighted by molar-refractivity contribution is 5.96. The summed E-state index contributed by atoms with van der Waals surface area (Å²) in [4.78, 5) is 24.0. The predicted octanol–water partition coefficient (Wildman–Crippen LogP) is 2.32. The summed E-state index contributed by atoms with van der Waals surface area (Å²) < 4.78 is 5.13. The first-order valence-corrected chi connectivity index (χ1v) is 7.56. The Hall–Kier alpha value is -2.14. The van der Waals surface area contributed by atoms with Crippen LogP contribution in [0.2, 0.25) is 0 Å². The Kier molecular flexibility index (Phi) is 5.33. The van der Waals surface area contributed by atoms with Crippen molar-refractivity contribution in [2.75, 3.05) is 6.54 Å². The fourth-order valence-corrected chi connectivity index (χ4v) is 2.51. The first-order valence-electron chi connectivity index (χ1n) is 7.56. The Bertz CT molecular complexity index is 703. The Morgan fingerprint density at radius 3 is 2.64 bits per heavy atom. The van der Waals surface area contributed by atoms with Gasteiger partial charge in [0.05, 0.1) is 6.10 Å². The summed E-state index contributed by atoms with van der Waals surface area (Å²) in [6, 6.07) is 8.53. The fourth-order valence-electron chi connectivity index (χ4n) is 2.51. The summed E-state index contributed by atoms with van der Waals surface area (Å²) in [6.07, 6.45) is 1.06. The topological polar surface area (TPSA) is 79.5 Å². The summed E-state index contributed by atoms with van der Waals surface area (Å²) in [7, 11) is 0. The fraction of sp³-hybridized carbons (Fsp3) is 0.412. The zero-order chi connectivity index (χ0) is 16.1. The molecule has 22 heavy (non-hydrogen) atoms. The number of aliphatic hydroxyl groups is 1. The number of hydrogen-bond donors (Lipinski definition) is 2. The van der Waals surface area contributed by atoms with Crippen LogP contribution >= 0.6 is 0 Å². The normalized spacial score (nSPS) is 12.5. The number of benzene rings is 1. The lowest BCUT2D eigenvalue weighted by Gasteiger charge is -2.20. The van der Waals surface area contributed by atoms with Gasteiger partial charge >= 0.3 is 5.63 Å². The quantitative estimate of drug-likeness (QED) is 0.803. The maximum absolute atomic E-state index is 12.1. The van der Waals surface area contributed by atoms with Gasteiger partial charge in [0.25, 0.3) is 5.91 Å². The number of nitrogens with one attached hydrogen (secondary N) is 1. The summed E-state index contributed by atoms with van der Waals surface area (Å²) in [5.41, 5.74) is -0.273. The highest BCUT2D eigenvalue weighted by Gasteiger charge is 2.18. The Morgan fingerprint density at radius 2 is 1.95 bits per heavy atom. The molecule has 1 heterocycles. The van der Waals surface area contributed by atoms with Gasteiger partial charge in [-0.1, -0.05) is 44.9 Å². The second kappa shape index (κ2) is 7.22. The van der Waals surface area contributed by atoms with Gasteiger partial charge in [0.15, 0.2) is 0 Å². The van der Waals surface area contributed by atoms with E-state index in [9.17, 15) is 14.7 Å². The third-order valence-electron chi connectivity index (χ3n) is 3.95. The van der Waals surface area contributed by atoms with Crippen molar-refractivity contribution in [1.29, 1.82) is 0 Å². The maximum atomic E-state index is 12.1. The van der Waals surface area contributed by atoms with E-state index in [2.05, 4.69) is 5.32 Å². The van der Waals surface area contributed by atoms with Crippen LogP contribution in [0.15, 0.2) is 39.5 Å². The molecule has 1 unspecified atom stereocenters. The maximum Gasteiger partial charge on any atom is 0.349 e. The van der Waals surface area contributed by atoms with Gasteiger partial charge in [-0.2, -0.15) is 0 Å². The van der Waals surface area contributed by atoms with Crippen molar-refractivity contribution in [3.8, 4) is 0 Å². The lowest BCUT2D eigenvalue weighted by Crippen LogP contribution is -2.37. The second-order valence-corrected chi connectivity index (χ2v) is 5.34. The van der Waals surface area contributed by atoms with Gasteiger partial charge in [0.2, 0.25) is 0 Å². The van der Waals surface area contributed by atoms with Crippen molar-refractivity contribution in [1.82, 2.24) is 5.32 Å². The van der Waals surface area contributed by atoms with Gasteiger partial charge in [-0.05, 0) is 18.1 Å². The van der Waals surface area contributed by atoms with Crippen molar-refractivity contribution >= 4 is 16.9 Å². The van der Waals surface area contributed by atoms with Crippen LogP contribution in [0.25, 0.3) is 11.0 Å². The first kappa shape index (κ1) is 16.2. The molecule has 5 heteroatoms. The van der Waals surface area contributed by atoms with Crippen molar-refractivity contribution in [3.05, 3.63) is 46.3 Å². The monoisotopic (exact) mass is 303 g/mol. The van der Waals surface area contributed by atoms with E-state index < -0.39 is 17.6 Å². The lowest BCUT2D eigenvalue weighted by atomic mass is 9.96. The second-order valence-electron chi connectivity index (χ2n) is 5.34. The third-order valence-corrected chi connectivity index (χ3v) is 3.95. The van der Waals surface area contributed by atoms with Crippen LogP contribution in [0, 0.1) is 5.92 Å². The summed E-state index contributed by atoms with van der Waals surface area (Å²) >= 11 is 0. The molecule has 0 fully saturated rings. The largest absolute Gasteiger partial charge is 0.422 e. The van der Waals surface area contributed by atoms with Gasteiger partial charge in [0.1, 0.15) is 11.1 Å². The molecule has 0 saturated carbocycles. The van der Waals surface area contributed by atoms with Crippen LogP contribution in [0.1, 0.15) is 37.0 Å². The smallest absolute Gasteiger partial charge is 0.349 e. The van der Waals surface area contributed by atoms with E-state index >= 15 is 0 Å². The zero-order valence-corrected chi connectivity index (χ0v) is 12.8. The molecule has 1 atom stereocenters. The standard InChI is InChI=1S/C17H21NO4/c1-3-11(4-2)14(19)10-18-16(20)13-9-12-7-5-6-8-15(12)22-17(13)21/h5-9,11,14,19H,3-4,10H2,1-2H3,(H,18,20). The number of carbonyl (C=O) groups is 1. The predicted molar refractivity (Wildman–Crippen MR) is 84.9 cm³/mol. The van der Waals surface area contributed by atoms with Crippen LogP contribution in [0.4, 0.5) is 0 Å². The minimum absolute atomic E-state index is 0.0459. The van der Waals surface area contributed by atoms with E-state index in [-0.39, 0.29) is 18.0 Å². The van der Waals surface area contributed by atoms with E-state index in [1.54, 1.807) is 24.3 Å². The number of amides is 1. The molecular weight excluding hydrogens is 282 g/mol. The van der Waals surface area contributed by atoms with Gasteiger partial charge in [0, 0.05) is 11.9 Å². The first-order chi connectivity index (χ1) is 10.6. The van der Waals surface area contributed by atoms with Crippen molar-refractivity contribution in [3.63, 3.8) is 0 Å². The SMILES string of the molecule is CCC(CC)C(O)CNC(=O)c1cc2ccccc2oc1=O. The molecule has 2 rings (SSSR count). The van der Waals surface area contributed by atoms with Crippen molar-refractivity contribution in [2.45, 2.75) is 32.8 Å². The van der Waals surface area contributed by atoms with Crippen LogP contribution < -0.4 is 10.9 Å². The molecular formula is C17H21NO4. The number of hydrogen-bond acceptors (Lipinski definition) is 4. The summed E-state index contributed by atoms with van der Waals surface area (Å²) in [5.74, 6) is -0.391. The molecule has 0 radical (unpaired) electrons. The molecule has 2 N–H and O–H groups in total. The molecule has 1 aromatic heterocycles. The van der Waals surface area contributed by atoms with Gasteiger partial charge in [-0.25, -0.2) is 4.79 Å². The minimum atomic E-state index is -0.673. The molecule has 0 aliphatic heterocycles. The molecule has 0 spiro atoms. The molecule has 1 aromatic carbocycles. The van der Waals surface area contributed by atoms with Gasteiger partial charge in [-0.3, -0.25) is 4.79 Å². The van der Waals surface area contributed by atoms with Gasteiger partial charge in [-0.15, -0.1) is 0 Å². The Morgan fingerprint density at radius 1 is 1.27 bits per heavy atom. The average Bonchev–Trinajstić information content (AvgIpc) is 2.53. The van der Waals surface area contributed by atoms with Crippen molar-refractivity contribution in [2.24, 2.45) is 5.92 Å². The lowest BCUT2D eigenvalue weighted by molar-refractivity contribution is 0.0814. The van der Waals surface area contributed by atoms with Crippen LogP contribution in [-0.2, 0) is 0 Å². The number of rotatable bonds is 6. The van der Waals surface area contributed by atoms with E-state index in [0.717, 1.165) is 12.8 Å². The van der Waals surface area contributed by atoms with Crippen LogP contribution in [-0.4, -0.2) is 23.7 Å². The number of carbonyl (C=O) groups excluding carboxylic acids is 1. The van der Waals surface area contributed by atoms with Crippen LogP contribution in [0.3, 0.4) is 0 Å². The summed E-state index contributed by atoms with van der Waals surface area (Å²) in [6.45, 7) is 4.12. The third kappa shape index (κ3) is 3.54. The number of fused-ring (bicyclic) bond motifs is 1. The molecule has 0 aliphatic rings. The van der Waals surface area contributed by atoms with E-state index in [0.29, 0.717) is 11.0 Å².